The van der Waals surface area contributed by atoms with Gasteiger partial charge in [-0.25, -0.2) is 0 Å². The molecular formula is C36H36CuF12N6P2. The average molecular weight is 906 g/mol. The molecule has 0 saturated heterocycles. The average Bonchev–Trinajstić information content (AvgIpc) is 3.03. The number of hydrogen-bond donors (Lipinski definition) is 0. The molecule has 1 radical (unpaired) electrons. The third-order valence-electron chi connectivity index (χ3n) is 6.28. The van der Waals surface area contributed by atoms with Crippen LogP contribution in [0.2, 0.25) is 0 Å². The van der Waals surface area contributed by atoms with Gasteiger partial charge in [-0.15, -0.1) is 0 Å². The summed E-state index contributed by atoms with van der Waals surface area (Å²) in [5.74, 6) is 0. The van der Waals surface area contributed by atoms with Gasteiger partial charge in [0.15, 0.2) is 0 Å². The van der Waals surface area contributed by atoms with E-state index in [1.807, 2.05) is 110 Å². The van der Waals surface area contributed by atoms with Crippen LogP contribution in [0.4, 0.5) is 50.4 Å². The largest absolute Gasteiger partial charge is 2.00 e. The van der Waals surface area contributed by atoms with Crippen LogP contribution in [-0.2, 0) is 17.1 Å². The van der Waals surface area contributed by atoms with Crippen LogP contribution in [0.15, 0.2) is 110 Å². The Morgan fingerprint density at radius 2 is 0.386 bits per heavy atom. The normalized spacial score (nSPS) is 13.2. The maximum absolute atomic E-state index is 10.7. The molecule has 6 rings (SSSR count). The van der Waals surface area contributed by atoms with Gasteiger partial charge >= 0.3 is 83.0 Å². The molecule has 0 spiro atoms. The second-order valence-corrected chi connectivity index (χ2v) is 16.1. The van der Waals surface area contributed by atoms with E-state index in [1.165, 1.54) is 33.4 Å². The van der Waals surface area contributed by atoms with Gasteiger partial charge in [0.2, 0.25) is 0 Å². The van der Waals surface area contributed by atoms with Crippen LogP contribution in [0.5, 0.6) is 0 Å². The summed E-state index contributed by atoms with van der Waals surface area (Å²) in [5, 5.41) is 0. The number of halogens is 12. The second kappa shape index (κ2) is 17.9. The van der Waals surface area contributed by atoms with Crippen molar-refractivity contribution in [3.05, 3.63) is 143 Å². The van der Waals surface area contributed by atoms with Crippen molar-refractivity contribution >= 4 is 15.6 Å². The Morgan fingerprint density at radius 1 is 0.281 bits per heavy atom. The van der Waals surface area contributed by atoms with E-state index in [1.54, 1.807) is 0 Å². The monoisotopic (exact) mass is 905 g/mol. The van der Waals surface area contributed by atoms with Gasteiger partial charge in [-0.1, -0.05) is 0 Å². The molecule has 0 saturated carbocycles. The fourth-order valence-corrected chi connectivity index (χ4v) is 4.06. The molecular weight excluding hydrogens is 870 g/mol. The third-order valence-corrected chi connectivity index (χ3v) is 6.28. The summed E-state index contributed by atoms with van der Waals surface area (Å²) in [4.78, 5) is 25.7. The van der Waals surface area contributed by atoms with E-state index in [0.717, 1.165) is 34.2 Å². The third kappa shape index (κ3) is 27.6. The van der Waals surface area contributed by atoms with Crippen molar-refractivity contribution in [2.45, 2.75) is 41.5 Å². The smallest absolute Gasteiger partial charge is 2.00 e. The van der Waals surface area contributed by atoms with Crippen LogP contribution < -0.4 is 0 Å². The summed E-state index contributed by atoms with van der Waals surface area (Å²) >= 11 is 0. The Hall–Kier alpha value is -4.56. The molecule has 0 N–H and O–H groups in total. The maximum Gasteiger partial charge on any atom is 2.00 e. The van der Waals surface area contributed by atoms with E-state index in [0.29, 0.717) is 0 Å². The van der Waals surface area contributed by atoms with Crippen molar-refractivity contribution in [2.24, 2.45) is 0 Å². The van der Waals surface area contributed by atoms with E-state index >= 15 is 0 Å². The minimum atomic E-state index is -10.7. The molecule has 6 aromatic rings. The second-order valence-electron chi connectivity index (χ2n) is 12.2. The zero-order chi connectivity index (χ0) is 42.7. The maximum atomic E-state index is 9.87. The van der Waals surface area contributed by atoms with Crippen LogP contribution in [0.25, 0.3) is 34.2 Å². The first-order chi connectivity index (χ1) is 25.2. The molecule has 0 aliphatic carbocycles. The number of nitrogens with zero attached hydrogens (tertiary/aromatic N) is 6. The minimum Gasteiger partial charge on any atom is 2.00 e. The first kappa shape index (κ1) is 50.5. The van der Waals surface area contributed by atoms with E-state index in [-0.39, 0.29) is 17.1 Å². The number of aromatic nitrogens is 6. The van der Waals surface area contributed by atoms with Crippen molar-refractivity contribution < 1.29 is 67.4 Å². The molecule has 6 nitrogen and oxygen atoms in total. The summed E-state index contributed by atoms with van der Waals surface area (Å²) in [7, 11) is -21.3. The minimum absolute atomic E-state index is 0. The van der Waals surface area contributed by atoms with E-state index < -0.39 is 15.6 Å². The molecule has 6 heterocycles. The van der Waals surface area contributed by atoms with Crippen molar-refractivity contribution in [3.8, 4) is 34.2 Å². The Labute approximate surface area is 331 Å². The molecule has 21 heteroatoms. The van der Waals surface area contributed by atoms with Gasteiger partial charge in [0, 0.05) is 37.2 Å². The Balaban J connectivity index is 0.000000367. The van der Waals surface area contributed by atoms with Crippen LogP contribution in [-0.4, -0.2) is 29.9 Å². The summed E-state index contributed by atoms with van der Waals surface area (Å²) < 4.78 is 118. The first-order valence-corrected chi connectivity index (χ1v) is 19.9. The number of pyridine rings is 6. The molecule has 315 valence electrons. The number of rotatable bonds is 3. The van der Waals surface area contributed by atoms with E-state index in [4.69, 9.17) is 0 Å². The van der Waals surface area contributed by atoms with Crippen molar-refractivity contribution in [2.75, 3.05) is 0 Å². The predicted molar refractivity (Wildman–Crippen MR) is 198 cm³/mol. The Bertz CT molecular complexity index is 1860. The summed E-state index contributed by atoms with van der Waals surface area (Å²) in [6.45, 7) is 12.3. The van der Waals surface area contributed by atoms with Crippen LogP contribution in [0.1, 0.15) is 33.4 Å². The molecule has 6 aromatic heterocycles. The van der Waals surface area contributed by atoms with E-state index in [2.05, 4.69) is 71.4 Å². The number of aryl methyl sites for hydroxylation is 6. The molecule has 0 unspecified atom stereocenters. The standard InChI is InChI=1S/3C12H12N2.Cu.2F6P/c3*1-9-3-5-13-11(7-9)12-8-10(2)4-6-14-12;;2*1-7(2,3,4,5)6/h3*3-8H,1-2H3;;;/q;;;+2;2*-1. The van der Waals surface area contributed by atoms with Gasteiger partial charge < -0.3 is 0 Å². The fourth-order valence-electron chi connectivity index (χ4n) is 4.06. The Kier molecular flexibility index (Phi) is 15.9. The van der Waals surface area contributed by atoms with E-state index in [9.17, 15) is 50.4 Å². The van der Waals surface area contributed by atoms with Crippen molar-refractivity contribution in [3.63, 3.8) is 0 Å². The van der Waals surface area contributed by atoms with Gasteiger partial charge in [-0.2, -0.15) is 0 Å². The van der Waals surface area contributed by atoms with Crippen LogP contribution in [0, 0.1) is 41.5 Å². The first-order valence-electron chi connectivity index (χ1n) is 15.9. The van der Waals surface area contributed by atoms with Crippen LogP contribution >= 0.6 is 15.6 Å². The molecule has 0 fully saturated rings. The molecule has 0 aliphatic heterocycles. The molecule has 0 amide bonds. The van der Waals surface area contributed by atoms with Crippen LogP contribution in [0.3, 0.4) is 0 Å². The summed E-state index contributed by atoms with van der Waals surface area (Å²) in [5.41, 5.74) is 12.9. The topological polar surface area (TPSA) is 77.3 Å². The van der Waals surface area contributed by atoms with Gasteiger partial charge in [0.05, 0.1) is 34.2 Å². The fraction of sp³-hybridized carbons (Fsp3) is 0.167. The Morgan fingerprint density at radius 3 is 0.474 bits per heavy atom. The molecule has 0 bridgehead atoms. The molecule has 57 heavy (non-hydrogen) atoms. The number of hydrogen-bond acceptors (Lipinski definition) is 6. The zero-order valence-electron chi connectivity index (χ0n) is 30.8. The quantitative estimate of drug-likeness (QED) is 0.100. The van der Waals surface area contributed by atoms with Gasteiger partial charge in [-0.05, 0) is 148 Å². The zero-order valence-corrected chi connectivity index (χ0v) is 33.5. The molecule has 0 aromatic carbocycles. The van der Waals surface area contributed by atoms with Gasteiger partial charge in [0.1, 0.15) is 0 Å². The van der Waals surface area contributed by atoms with Crippen molar-refractivity contribution in [1.29, 1.82) is 0 Å². The summed E-state index contributed by atoms with van der Waals surface area (Å²) in [6, 6.07) is 24.2. The van der Waals surface area contributed by atoms with Gasteiger partial charge in [-0.3, -0.25) is 29.9 Å². The predicted octanol–water partition coefficient (Wildman–Crippen LogP) is 15.0. The SMILES string of the molecule is Cc1ccnc(-c2cc(C)ccn2)c1.Cc1ccnc(-c2cc(C)ccn2)c1.Cc1ccnc(-c2cc(C)ccn2)c1.F[P-](F)(F)(F)(F)F.F[P-](F)(F)(F)(F)F.[Cu+2]. The molecule has 0 atom stereocenters. The summed E-state index contributed by atoms with van der Waals surface area (Å²) in [6.07, 6.45) is 10.9. The van der Waals surface area contributed by atoms with Gasteiger partial charge in [0.25, 0.3) is 0 Å². The van der Waals surface area contributed by atoms with Crippen molar-refractivity contribution in [1.82, 2.24) is 29.9 Å². The molecule has 0 aliphatic rings.